The van der Waals surface area contributed by atoms with Crippen molar-refractivity contribution in [2.75, 3.05) is 13.2 Å². The molecular weight excluding hydrogens is 803 g/mol. The Labute approximate surface area is 404 Å². The molecule has 0 fully saturated rings. The second-order valence-corrected chi connectivity index (χ2v) is 19.6. The predicted octanol–water partition coefficient (Wildman–Crippen LogP) is 17.6. The van der Waals surface area contributed by atoms with Gasteiger partial charge in [0.1, 0.15) is 0 Å². The van der Waals surface area contributed by atoms with E-state index < -0.39 is 12.1 Å². The summed E-state index contributed by atoms with van der Waals surface area (Å²) in [7, 11) is 0. The van der Waals surface area contributed by atoms with Gasteiger partial charge in [0.05, 0.1) is 25.4 Å². The maximum atomic E-state index is 12.4. The van der Waals surface area contributed by atoms with Crippen molar-refractivity contribution in [3.8, 4) is 0 Å². The molecule has 0 saturated carbocycles. The fourth-order valence-electron chi connectivity index (χ4n) is 8.77. The number of hydrogen-bond acceptors (Lipinski definition) is 5. The molecule has 0 radical (unpaired) electrons. The normalized spacial score (nSPS) is 12.9. The molecular formula is C59H111NO5. The maximum Gasteiger partial charge on any atom is 0.305 e. The number of amides is 1. The van der Waals surface area contributed by atoms with Crippen molar-refractivity contribution < 1.29 is 24.5 Å². The molecule has 0 aliphatic rings. The van der Waals surface area contributed by atoms with Crippen LogP contribution in [0, 0.1) is 0 Å². The Hall–Kier alpha value is -1.92. The van der Waals surface area contributed by atoms with Crippen molar-refractivity contribution in [2.45, 2.75) is 315 Å². The highest BCUT2D eigenvalue weighted by Gasteiger charge is 2.18. The van der Waals surface area contributed by atoms with Gasteiger partial charge in [-0.3, -0.25) is 9.59 Å². The van der Waals surface area contributed by atoms with Crippen LogP contribution in [-0.4, -0.2) is 47.4 Å². The van der Waals surface area contributed by atoms with Gasteiger partial charge in [-0.2, -0.15) is 0 Å². The molecule has 2 unspecified atom stereocenters. The Kier molecular flexibility index (Phi) is 53.1. The number of aliphatic hydroxyl groups excluding tert-OH is 2. The molecule has 6 nitrogen and oxygen atoms in total. The molecule has 0 heterocycles. The van der Waals surface area contributed by atoms with Crippen LogP contribution in [0.3, 0.4) is 0 Å². The van der Waals surface area contributed by atoms with Crippen LogP contribution in [-0.2, 0) is 14.3 Å². The summed E-state index contributed by atoms with van der Waals surface area (Å²) >= 11 is 0. The van der Waals surface area contributed by atoms with E-state index >= 15 is 0 Å². The number of hydrogen-bond donors (Lipinski definition) is 3. The average Bonchev–Trinajstić information content (AvgIpc) is 3.31. The molecule has 0 saturated heterocycles. The summed E-state index contributed by atoms with van der Waals surface area (Å²) in [5.41, 5.74) is 0. The molecule has 65 heavy (non-hydrogen) atoms. The number of aliphatic hydroxyl groups is 2. The minimum Gasteiger partial charge on any atom is -0.465 e. The topological polar surface area (TPSA) is 95.9 Å². The summed E-state index contributed by atoms with van der Waals surface area (Å²) < 4.78 is 5.40. The van der Waals surface area contributed by atoms with Gasteiger partial charge in [-0.1, -0.05) is 275 Å². The highest BCUT2D eigenvalue weighted by atomic mass is 16.5. The molecule has 0 aromatic rings. The Morgan fingerprint density at radius 2 is 0.769 bits per heavy atom. The Balaban J connectivity index is 3.48. The first kappa shape index (κ1) is 63.1. The number of carbonyl (C=O) groups excluding carboxylic acids is 2. The highest BCUT2D eigenvalue weighted by Crippen LogP contribution is 2.17. The van der Waals surface area contributed by atoms with E-state index in [1.807, 2.05) is 6.08 Å². The molecule has 382 valence electrons. The largest absolute Gasteiger partial charge is 0.465 e. The van der Waals surface area contributed by atoms with Crippen LogP contribution in [0.5, 0.6) is 0 Å². The quantitative estimate of drug-likeness (QED) is 0.0321. The fourth-order valence-corrected chi connectivity index (χ4v) is 8.77. The molecule has 0 aromatic carbocycles. The van der Waals surface area contributed by atoms with Gasteiger partial charge < -0.3 is 20.3 Å². The molecule has 2 atom stereocenters. The molecule has 6 heteroatoms. The number of unbranched alkanes of at least 4 members (excludes halogenated alkanes) is 38. The molecule has 0 aliphatic carbocycles. The van der Waals surface area contributed by atoms with E-state index in [2.05, 4.69) is 43.5 Å². The van der Waals surface area contributed by atoms with Crippen LogP contribution in [0.4, 0.5) is 0 Å². The lowest BCUT2D eigenvalue weighted by atomic mass is 10.0. The van der Waals surface area contributed by atoms with Crippen molar-refractivity contribution in [3.63, 3.8) is 0 Å². The summed E-state index contributed by atoms with van der Waals surface area (Å²) in [5, 5.41) is 23.1. The van der Waals surface area contributed by atoms with E-state index in [0.717, 1.165) is 51.4 Å². The molecule has 0 spiro atoms. The van der Waals surface area contributed by atoms with Crippen LogP contribution < -0.4 is 5.32 Å². The zero-order valence-electron chi connectivity index (χ0n) is 43.5. The second-order valence-electron chi connectivity index (χ2n) is 19.6. The first-order valence-corrected chi connectivity index (χ1v) is 28.8. The number of rotatable bonds is 53. The van der Waals surface area contributed by atoms with E-state index in [9.17, 15) is 19.8 Å². The van der Waals surface area contributed by atoms with Crippen LogP contribution >= 0.6 is 0 Å². The van der Waals surface area contributed by atoms with E-state index in [1.54, 1.807) is 6.08 Å². The zero-order valence-corrected chi connectivity index (χ0v) is 43.5. The summed E-state index contributed by atoms with van der Waals surface area (Å²) in [4.78, 5) is 24.4. The van der Waals surface area contributed by atoms with E-state index in [-0.39, 0.29) is 18.5 Å². The van der Waals surface area contributed by atoms with Gasteiger partial charge in [0.15, 0.2) is 0 Å². The van der Waals surface area contributed by atoms with Crippen molar-refractivity contribution in [3.05, 3.63) is 36.5 Å². The number of carbonyl (C=O) groups is 2. The first-order valence-electron chi connectivity index (χ1n) is 28.8. The van der Waals surface area contributed by atoms with Crippen molar-refractivity contribution in [1.82, 2.24) is 5.32 Å². The van der Waals surface area contributed by atoms with Crippen LogP contribution in [0.1, 0.15) is 303 Å². The smallest absolute Gasteiger partial charge is 0.305 e. The van der Waals surface area contributed by atoms with Gasteiger partial charge in [-0.05, 0) is 51.4 Å². The van der Waals surface area contributed by atoms with Crippen molar-refractivity contribution >= 4 is 11.9 Å². The molecule has 0 rings (SSSR count). The van der Waals surface area contributed by atoms with Gasteiger partial charge in [-0.25, -0.2) is 0 Å². The highest BCUT2D eigenvalue weighted by molar-refractivity contribution is 5.76. The van der Waals surface area contributed by atoms with Crippen molar-refractivity contribution in [1.29, 1.82) is 0 Å². The first-order chi connectivity index (χ1) is 32.0. The van der Waals surface area contributed by atoms with Crippen LogP contribution in [0.2, 0.25) is 0 Å². The van der Waals surface area contributed by atoms with Crippen LogP contribution in [0.15, 0.2) is 36.5 Å². The lowest BCUT2D eigenvalue weighted by molar-refractivity contribution is -0.143. The molecule has 0 aliphatic heterocycles. The SMILES string of the molecule is CCCCCCCCCCCCCCC/C=C/C(O)C(CO)NC(=O)CCCCCCCCCCCCCCCC/C=C\C/C=C\CCOC(=O)CCCCCCCCCCCCCC. The lowest BCUT2D eigenvalue weighted by Gasteiger charge is -2.20. The second kappa shape index (κ2) is 54.7. The molecule has 3 N–H and O–H groups in total. The third kappa shape index (κ3) is 51.3. The van der Waals surface area contributed by atoms with E-state index in [4.69, 9.17) is 4.74 Å². The Morgan fingerprint density at radius 3 is 1.17 bits per heavy atom. The summed E-state index contributed by atoms with van der Waals surface area (Å²) in [6, 6.07) is -0.631. The Bertz CT molecular complexity index is 1060. The number of allylic oxidation sites excluding steroid dienone is 4. The molecule has 0 bridgehead atoms. The van der Waals surface area contributed by atoms with Gasteiger partial charge in [0.25, 0.3) is 0 Å². The Morgan fingerprint density at radius 1 is 0.431 bits per heavy atom. The van der Waals surface area contributed by atoms with E-state index in [0.29, 0.717) is 19.4 Å². The summed E-state index contributed by atoms with van der Waals surface area (Å²) in [5.74, 6) is -0.107. The van der Waals surface area contributed by atoms with Gasteiger partial charge in [0, 0.05) is 12.8 Å². The van der Waals surface area contributed by atoms with Gasteiger partial charge in [0.2, 0.25) is 5.91 Å². The van der Waals surface area contributed by atoms with Crippen molar-refractivity contribution in [2.24, 2.45) is 0 Å². The third-order valence-electron chi connectivity index (χ3n) is 13.2. The maximum absolute atomic E-state index is 12.4. The minimum atomic E-state index is -0.847. The molecule has 0 aromatic heterocycles. The average molecular weight is 915 g/mol. The standard InChI is InChI=1S/C59H111NO5/c1-3-5-7-9-11-13-15-17-25-28-31-35-39-43-47-51-57(62)56(55-61)60-58(63)52-48-44-40-36-32-29-26-23-21-19-18-20-22-24-27-30-34-38-42-46-50-54-65-59(64)53-49-45-41-37-33-16-14-12-10-8-6-4-2/h30,34,42,46-47,51,56-57,61-62H,3-29,31-33,35-41,43-45,48-50,52-55H2,1-2H3,(H,60,63)/b34-30-,46-42-,51-47+. The lowest BCUT2D eigenvalue weighted by Crippen LogP contribution is -2.45. The molecule has 1 amide bonds. The monoisotopic (exact) mass is 914 g/mol. The number of nitrogens with one attached hydrogen (secondary N) is 1. The third-order valence-corrected chi connectivity index (χ3v) is 13.2. The van der Waals surface area contributed by atoms with Gasteiger partial charge >= 0.3 is 5.97 Å². The number of ether oxygens (including phenoxy) is 1. The minimum absolute atomic E-state index is 0.0354. The predicted molar refractivity (Wildman–Crippen MR) is 283 cm³/mol. The number of esters is 1. The van der Waals surface area contributed by atoms with Crippen LogP contribution in [0.25, 0.3) is 0 Å². The van der Waals surface area contributed by atoms with Gasteiger partial charge in [-0.15, -0.1) is 0 Å². The fraction of sp³-hybridized carbons (Fsp3) is 0.864. The van der Waals surface area contributed by atoms with E-state index in [1.165, 1.54) is 225 Å². The summed E-state index contributed by atoms with van der Waals surface area (Å²) in [6.07, 6.45) is 67.5. The zero-order chi connectivity index (χ0) is 47.2. The summed E-state index contributed by atoms with van der Waals surface area (Å²) in [6.45, 7) is 4.80.